The molecule has 2 aromatic rings. The van der Waals surface area contributed by atoms with Gasteiger partial charge in [0.15, 0.2) is 0 Å². The predicted octanol–water partition coefficient (Wildman–Crippen LogP) is 5.60. The first kappa shape index (κ1) is 30.5. The lowest BCUT2D eigenvalue weighted by Gasteiger charge is -2.45. The lowest BCUT2D eigenvalue weighted by Crippen LogP contribution is -2.60. The Morgan fingerprint density at radius 3 is 1.97 bits per heavy atom. The molecule has 0 unspecified atom stereocenters. The number of rotatable bonds is 11. The van der Waals surface area contributed by atoms with E-state index in [0.29, 0.717) is 0 Å². The number of quaternary nitrogens is 1. The van der Waals surface area contributed by atoms with Crippen LogP contribution in [-0.4, -0.2) is 68.1 Å². The van der Waals surface area contributed by atoms with Crippen LogP contribution < -0.4 is 14.8 Å². The van der Waals surface area contributed by atoms with E-state index in [2.05, 4.69) is 41.7 Å². The normalized spacial score (nSPS) is 16.8. The first-order valence-electron chi connectivity index (χ1n) is 13.3. The van der Waals surface area contributed by atoms with Crippen molar-refractivity contribution in [2.75, 3.05) is 40.4 Å². The van der Waals surface area contributed by atoms with Gasteiger partial charge in [-0.15, -0.1) is 0 Å². The minimum absolute atomic E-state index is 0. The maximum absolute atomic E-state index is 12.5. The summed E-state index contributed by atoms with van der Waals surface area (Å²) in [7, 11) is 3.43. The number of likely N-dealkylation sites (tertiary alicyclic amines) is 1. The molecule has 2 aromatic carbocycles. The molecule has 1 aliphatic heterocycles. The molecule has 3 rings (SSSR count). The van der Waals surface area contributed by atoms with E-state index in [4.69, 9.17) is 14.2 Å². The van der Waals surface area contributed by atoms with Gasteiger partial charge in [0.2, 0.25) is 0 Å². The zero-order chi connectivity index (χ0) is 26.0. The van der Waals surface area contributed by atoms with Crippen molar-refractivity contribution in [3.8, 4) is 11.5 Å². The zero-order valence-corrected chi connectivity index (χ0v) is 23.3. The average molecular weight is 515 g/mol. The van der Waals surface area contributed by atoms with Crippen molar-refractivity contribution in [1.29, 1.82) is 0 Å². The van der Waals surface area contributed by atoms with Gasteiger partial charge >= 0.3 is 6.09 Å². The Bertz CT molecular complexity index is 919. The monoisotopic (exact) mass is 514 g/mol. The number of carbonyl (C=O) groups excluding carboxylic acids is 1. The summed E-state index contributed by atoms with van der Waals surface area (Å²) in [5.74, 6) is 1.82. The van der Waals surface area contributed by atoms with Crippen molar-refractivity contribution in [3.05, 3.63) is 59.7 Å². The molecule has 7 heteroatoms. The summed E-state index contributed by atoms with van der Waals surface area (Å²) < 4.78 is 17.4. The molecule has 2 N–H and O–H groups in total. The minimum Gasteiger partial charge on any atom is -0.870 e. The van der Waals surface area contributed by atoms with E-state index in [9.17, 15) is 4.79 Å². The molecule has 1 amide bonds. The third kappa shape index (κ3) is 10.3. The average Bonchev–Trinajstić information content (AvgIpc) is 2.83. The van der Waals surface area contributed by atoms with Crippen molar-refractivity contribution < 1.29 is 29.0 Å². The van der Waals surface area contributed by atoms with Crippen LogP contribution in [0.15, 0.2) is 48.5 Å². The van der Waals surface area contributed by atoms with Crippen LogP contribution in [-0.2, 0) is 17.6 Å². The van der Waals surface area contributed by atoms with Gasteiger partial charge in [0.1, 0.15) is 17.1 Å². The van der Waals surface area contributed by atoms with Gasteiger partial charge in [0.25, 0.3) is 0 Å². The van der Waals surface area contributed by atoms with Crippen molar-refractivity contribution in [2.24, 2.45) is 0 Å². The van der Waals surface area contributed by atoms with Crippen LogP contribution in [0, 0.1) is 0 Å². The molecule has 37 heavy (non-hydrogen) atoms. The molecular formula is C30H46N2O5. The Hall–Kier alpha value is -2.77. The maximum atomic E-state index is 12.5. The minimum atomic E-state index is -0.488. The lowest BCUT2D eigenvalue weighted by molar-refractivity contribution is -0.933. The van der Waals surface area contributed by atoms with E-state index < -0.39 is 5.60 Å². The first-order chi connectivity index (χ1) is 17.2. The Balaban J connectivity index is 0.00000481. The molecule has 0 saturated carbocycles. The standard InChI is InChI=1S/C30H44N2O4.H2O/c1-30(2,3)36-29(33)31-26-15-10-20-32(23-26,18-8-13-24-11-6-16-27(21-24)34-4)19-9-14-25-12-7-17-28(22-25)35-5;/h6-7,11-12,16-17,21-22,26H,8-10,13-15,18-20,23H2,1-5H3;1H2/t26-;/m0./s1. The number of nitrogens with zero attached hydrogens (tertiary/aromatic N) is 1. The van der Waals surface area contributed by atoms with Gasteiger partial charge in [-0.1, -0.05) is 24.3 Å². The second-order valence-corrected chi connectivity index (χ2v) is 11.1. The van der Waals surface area contributed by atoms with E-state index >= 15 is 0 Å². The SMILES string of the molecule is COc1cccc(CCC[N+]2(CCCc3cccc(OC)c3)CCC[C@H](NC(=O)OC(C)(C)C)C2)c1.[OH-]. The molecule has 206 valence electrons. The van der Waals surface area contributed by atoms with Crippen LogP contribution in [0.2, 0.25) is 0 Å². The van der Waals surface area contributed by atoms with Crippen molar-refractivity contribution in [2.45, 2.75) is 70.9 Å². The molecular weight excluding hydrogens is 468 g/mol. The number of methoxy groups -OCH3 is 2. The quantitative estimate of drug-likeness (QED) is 0.395. The largest absolute Gasteiger partial charge is 0.870 e. The third-order valence-corrected chi connectivity index (χ3v) is 6.98. The second kappa shape index (κ2) is 14.2. The zero-order valence-electron chi connectivity index (χ0n) is 23.3. The van der Waals surface area contributed by atoms with Gasteiger partial charge in [0.05, 0.1) is 46.4 Å². The molecule has 1 atom stereocenters. The lowest BCUT2D eigenvalue weighted by atomic mass is 9.99. The Kier molecular flexibility index (Phi) is 11.7. The number of nitrogens with one attached hydrogen (secondary N) is 1. The van der Waals surface area contributed by atoms with Gasteiger partial charge in [0, 0.05) is 12.8 Å². The summed E-state index contributed by atoms with van der Waals surface area (Å²) >= 11 is 0. The first-order valence-corrected chi connectivity index (χ1v) is 13.3. The number of carbonyl (C=O) groups is 1. The fourth-order valence-corrected chi connectivity index (χ4v) is 5.33. The molecule has 0 aromatic heterocycles. The topological polar surface area (TPSA) is 86.8 Å². The Morgan fingerprint density at radius 1 is 0.946 bits per heavy atom. The third-order valence-electron chi connectivity index (χ3n) is 6.98. The van der Waals surface area contributed by atoms with Crippen LogP contribution in [0.1, 0.15) is 57.6 Å². The van der Waals surface area contributed by atoms with Gasteiger partial charge in [-0.25, -0.2) is 4.79 Å². The molecule has 0 bridgehead atoms. The van der Waals surface area contributed by atoms with E-state index in [-0.39, 0.29) is 17.6 Å². The fraction of sp³-hybridized carbons (Fsp3) is 0.567. The number of alkyl carbamates (subject to hydrolysis) is 1. The Labute approximate surface area is 223 Å². The molecule has 0 aliphatic carbocycles. The number of amides is 1. The van der Waals surface area contributed by atoms with Crippen LogP contribution >= 0.6 is 0 Å². The smallest absolute Gasteiger partial charge is 0.408 e. The van der Waals surface area contributed by atoms with E-state index in [0.717, 1.165) is 80.7 Å². The van der Waals surface area contributed by atoms with Crippen LogP contribution in [0.25, 0.3) is 0 Å². The van der Waals surface area contributed by atoms with Gasteiger partial charge < -0.3 is 29.5 Å². The van der Waals surface area contributed by atoms with E-state index in [1.165, 1.54) is 11.1 Å². The highest BCUT2D eigenvalue weighted by Gasteiger charge is 2.35. The van der Waals surface area contributed by atoms with Crippen molar-refractivity contribution in [1.82, 2.24) is 5.32 Å². The predicted molar refractivity (Wildman–Crippen MR) is 147 cm³/mol. The molecule has 7 nitrogen and oxygen atoms in total. The molecule has 1 fully saturated rings. The molecule has 0 spiro atoms. The number of piperidine rings is 1. The number of hydrogen-bond donors (Lipinski definition) is 1. The van der Waals surface area contributed by atoms with Gasteiger partial charge in [-0.05, 0) is 81.8 Å². The highest BCUT2D eigenvalue weighted by atomic mass is 16.6. The van der Waals surface area contributed by atoms with E-state index in [1.54, 1.807) is 14.2 Å². The number of benzene rings is 2. The summed E-state index contributed by atoms with van der Waals surface area (Å²) in [6, 6.07) is 16.9. The summed E-state index contributed by atoms with van der Waals surface area (Å²) in [6.07, 6.45) is 6.06. The molecule has 1 heterocycles. The van der Waals surface area contributed by atoms with Gasteiger partial charge in [-0.2, -0.15) is 0 Å². The van der Waals surface area contributed by atoms with Crippen LogP contribution in [0.3, 0.4) is 0 Å². The van der Waals surface area contributed by atoms with Crippen LogP contribution in [0.4, 0.5) is 4.79 Å². The second-order valence-electron chi connectivity index (χ2n) is 11.1. The highest BCUT2D eigenvalue weighted by molar-refractivity contribution is 5.68. The van der Waals surface area contributed by atoms with Crippen molar-refractivity contribution in [3.63, 3.8) is 0 Å². The summed E-state index contributed by atoms with van der Waals surface area (Å²) in [6.45, 7) is 10.0. The Morgan fingerprint density at radius 2 is 1.49 bits per heavy atom. The van der Waals surface area contributed by atoms with E-state index in [1.807, 2.05) is 32.9 Å². The fourth-order valence-electron chi connectivity index (χ4n) is 5.33. The number of ether oxygens (including phenoxy) is 3. The summed E-state index contributed by atoms with van der Waals surface area (Å²) in [4.78, 5) is 12.5. The summed E-state index contributed by atoms with van der Waals surface area (Å²) in [5, 5.41) is 3.17. The number of hydrogen-bond acceptors (Lipinski definition) is 5. The van der Waals surface area contributed by atoms with Gasteiger partial charge in [-0.3, -0.25) is 0 Å². The summed E-state index contributed by atoms with van der Waals surface area (Å²) in [5.41, 5.74) is 2.13. The maximum Gasteiger partial charge on any atom is 0.408 e. The molecule has 1 aliphatic rings. The highest BCUT2D eigenvalue weighted by Crippen LogP contribution is 2.24. The number of aryl methyl sites for hydroxylation is 2. The van der Waals surface area contributed by atoms with Crippen molar-refractivity contribution >= 4 is 6.09 Å². The molecule has 0 radical (unpaired) electrons. The van der Waals surface area contributed by atoms with Crippen LogP contribution in [0.5, 0.6) is 11.5 Å². The molecule has 1 saturated heterocycles.